The van der Waals surface area contributed by atoms with E-state index in [1.807, 2.05) is 30.3 Å². The summed E-state index contributed by atoms with van der Waals surface area (Å²) in [7, 11) is 1.49. The molecule has 7 nitrogen and oxygen atoms in total. The highest BCUT2D eigenvalue weighted by Gasteiger charge is 2.42. The van der Waals surface area contributed by atoms with Crippen molar-refractivity contribution in [3.8, 4) is 0 Å². The summed E-state index contributed by atoms with van der Waals surface area (Å²) < 4.78 is 4.88. The molecule has 146 valence electrons. The van der Waals surface area contributed by atoms with E-state index in [1.165, 1.54) is 7.11 Å². The van der Waals surface area contributed by atoms with Gasteiger partial charge in [0, 0.05) is 45.1 Å². The number of carbonyl (C=O) groups is 3. The highest BCUT2D eigenvalue weighted by atomic mass is 16.5. The lowest BCUT2D eigenvalue weighted by atomic mass is 9.89. The third kappa shape index (κ3) is 4.30. The monoisotopic (exact) mass is 374 g/mol. The highest BCUT2D eigenvalue weighted by molar-refractivity contribution is 5.82. The topological polar surface area (TPSA) is 87.2 Å². The van der Waals surface area contributed by atoms with Gasteiger partial charge in [0.1, 0.15) is 6.61 Å². The maximum Gasteiger partial charge on any atom is 0.308 e. The van der Waals surface area contributed by atoms with E-state index in [2.05, 4.69) is 0 Å². The second-order valence-corrected chi connectivity index (χ2v) is 7.29. The molecular weight excluding hydrogens is 348 g/mol. The Morgan fingerprint density at radius 1 is 1.07 bits per heavy atom. The van der Waals surface area contributed by atoms with Gasteiger partial charge in [-0.05, 0) is 18.4 Å². The number of carboxylic acids is 1. The van der Waals surface area contributed by atoms with Crippen LogP contribution in [-0.4, -0.2) is 72.6 Å². The Hall–Kier alpha value is -2.41. The Balaban J connectivity index is 1.62. The first-order valence-corrected chi connectivity index (χ1v) is 9.34. The molecule has 0 bridgehead atoms. The third-order valence-electron chi connectivity index (χ3n) is 5.64. The van der Waals surface area contributed by atoms with Crippen molar-refractivity contribution in [1.82, 2.24) is 9.80 Å². The third-order valence-corrected chi connectivity index (χ3v) is 5.64. The smallest absolute Gasteiger partial charge is 0.308 e. The largest absolute Gasteiger partial charge is 0.481 e. The summed E-state index contributed by atoms with van der Waals surface area (Å²) in [6.07, 6.45) is 1.22. The number of amides is 2. The molecule has 2 unspecified atom stereocenters. The maximum atomic E-state index is 13.0. The van der Waals surface area contributed by atoms with E-state index in [0.717, 1.165) is 5.56 Å². The summed E-state index contributed by atoms with van der Waals surface area (Å²) in [4.78, 5) is 40.0. The summed E-state index contributed by atoms with van der Waals surface area (Å²) in [5.41, 5.74) is 0.959. The fourth-order valence-corrected chi connectivity index (χ4v) is 4.12. The van der Waals surface area contributed by atoms with Gasteiger partial charge < -0.3 is 19.6 Å². The average Bonchev–Trinajstić information content (AvgIpc) is 3.14. The van der Waals surface area contributed by atoms with E-state index >= 15 is 0 Å². The zero-order valence-corrected chi connectivity index (χ0v) is 15.5. The molecule has 2 saturated heterocycles. The first-order chi connectivity index (χ1) is 13.0. The Morgan fingerprint density at radius 2 is 1.74 bits per heavy atom. The number of hydrogen-bond acceptors (Lipinski definition) is 4. The van der Waals surface area contributed by atoms with Crippen molar-refractivity contribution in [1.29, 1.82) is 0 Å². The van der Waals surface area contributed by atoms with Gasteiger partial charge >= 0.3 is 5.97 Å². The van der Waals surface area contributed by atoms with E-state index in [-0.39, 0.29) is 36.8 Å². The molecule has 2 aliphatic rings. The molecule has 3 rings (SSSR count). The molecule has 2 heterocycles. The van der Waals surface area contributed by atoms with E-state index in [1.54, 1.807) is 9.80 Å². The lowest BCUT2D eigenvalue weighted by Gasteiger charge is -2.33. The minimum absolute atomic E-state index is 0.0125. The van der Waals surface area contributed by atoms with Crippen molar-refractivity contribution in [2.75, 3.05) is 39.9 Å². The summed E-state index contributed by atoms with van der Waals surface area (Å²) in [5.74, 6) is -1.83. The van der Waals surface area contributed by atoms with Crippen LogP contribution >= 0.6 is 0 Å². The Kier molecular flexibility index (Phi) is 6.11. The van der Waals surface area contributed by atoms with Gasteiger partial charge in [0.05, 0.1) is 5.92 Å². The number of carbonyl (C=O) groups excluding carboxylic acids is 2. The number of ether oxygens (including phenoxy) is 1. The van der Waals surface area contributed by atoms with Gasteiger partial charge in [0.2, 0.25) is 11.8 Å². The van der Waals surface area contributed by atoms with Crippen LogP contribution in [0.1, 0.15) is 24.3 Å². The Bertz CT molecular complexity index is 685. The first kappa shape index (κ1) is 19.4. The van der Waals surface area contributed by atoms with Crippen molar-refractivity contribution in [2.24, 2.45) is 11.8 Å². The maximum absolute atomic E-state index is 13.0. The zero-order valence-electron chi connectivity index (χ0n) is 15.5. The lowest BCUT2D eigenvalue weighted by molar-refractivity contribution is -0.143. The van der Waals surface area contributed by atoms with Crippen LogP contribution in [0.25, 0.3) is 0 Å². The molecule has 2 atom stereocenters. The molecule has 7 heteroatoms. The number of carboxylic acid groups (broad SMARTS) is 1. The molecular formula is C20H26N2O5. The van der Waals surface area contributed by atoms with Crippen molar-refractivity contribution in [3.05, 3.63) is 35.9 Å². The van der Waals surface area contributed by atoms with E-state index in [4.69, 9.17) is 4.74 Å². The zero-order chi connectivity index (χ0) is 19.4. The molecule has 27 heavy (non-hydrogen) atoms. The average molecular weight is 374 g/mol. The highest BCUT2D eigenvalue weighted by Crippen LogP contribution is 2.34. The van der Waals surface area contributed by atoms with E-state index < -0.39 is 11.9 Å². The summed E-state index contributed by atoms with van der Waals surface area (Å²) in [6.45, 7) is 1.82. The standard InChI is InChI=1S/C20H26N2O5/c1-27-13-18(23)21-9-7-15(8-10-21)19(24)22-11-16(17(12-22)20(25)26)14-5-3-2-4-6-14/h2-6,15-17H,7-13H2,1H3,(H,25,26). The van der Waals surface area contributed by atoms with Crippen LogP contribution in [0.15, 0.2) is 30.3 Å². The number of methoxy groups -OCH3 is 1. The van der Waals surface area contributed by atoms with Crippen LogP contribution in [0.2, 0.25) is 0 Å². The molecule has 0 radical (unpaired) electrons. The molecule has 2 aliphatic heterocycles. The molecule has 0 saturated carbocycles. The van der Waals surface area contributed by atoms with Crippen molar-refractivity contribution >= 4 is 17.8 Å². The second kappa shape index (κ2) is 8.52. The first-order valence-electron chi connectivity index (χ1n) is 9.34. The normalized spacial score (nSPS) is 23.4. The van der Waals surface area contributed by atoms with Crippen LogP contribution < -0.4 is 0 Å². The predicted octanol–water partition coefficient (Wildman–Crippen LogP) is 1.20. The molecule has 1 N–H and O–H groups in total. The number of benzene rings is 1. The van der Waals surface area contributed by atoms with Crippen LogP contribution in [0, 0.1) is 11.8 Å². The number of nitrogens with zero attached hydrogens (tertiary/aromatic N) is 2. The quantitative estimate of drug-likeness (QED) is 0.837. The van der Waals surface area contributed by atoms with Crippen LogP contribution in [0.5, 0.6) is 0 Å². The number of aliphatic carboxylic acids is 1. The number of hydrogen-bond donors (Lipinski definition) is 1. The van der Waals surface area contributed by atoms with Gasteiger partial charge in [-0.15, -0.1) is 0 Å². The molecule has 1 aromatic rings. The summed E-state index contributed by atoms with van der Waals surface area (Å²) >= 11 is 0. The molecule has 0 aliphatic carbocycles. The predicted molar refractivity (Wildman–Crippen MR) is 98.1 cm³/mol. The van der Waals surface area contributed by atoms with Gasteiger partial charge in [-0.2, -0.15) is 0 Å². The van der Waals surface area contributed by atoms with Crippen molar-refractivity contribution in [2.45, 2.75) is 18.8 Å². The van der Waals surface area contributed by atoms with Crippen LogP contribution in [-0.2, 0) is 19.1 Å². The summed E-state index contributed by atoms with van der Waals surface area (Å²) in [6, 6.07) is 9.54. The Morgan fingerprint density at radius 3 is 2.33 bits per heavy atom. The molecule has 0 aromatic heterocycles. The van der Waals surface area contributed by atoms with Gasteiger partial charge in [-0.25, -0.2) is 0 Å². The molecule has 2 amide bonds. The fraction of sp³-hybridized carbons (Fsp3) is 0.550. The SMILES string of the molecule is COCC(=O)N1CCC(C(=O)N2CC(C(=O)O)C(c3ccccc3)C2)CC1. The van der Waals surface area contributed by atoms with E-state index in [0.29, 0.717) is 32.5 Å². The Labute approximate surface area is 158 Å². The van der Waals surface area contributed by atoms with Gasteiger partial charge in [-0.1, -0.05) is 30.3 Å². The van der Waals surface area contributed by atoms with Gasteiger partial charge in [0.25, 0.3) is 0 Å². The minimum atomic E-state index is -0.862. The molecule has 0 spiro atoms. The van der Waals surface area contributed by atoms with E-state index in [9.17, 15) is 19.5 Å². The van der Waals surface area contributed by atoms with Gasteiger partial charge in [-0.3, -0.25) is 14.4 Å². The fourth-order valence-electron chi connectivity index (χ4n) is 4.12. The molecule has 1 aromatic carbocycles. The summed E-state index contributed by atoms with van der Waals surface area (Å²) in [5, 5.41) is 9.61. The number of piperidine rings is 1. The second-order valence-electron chi connectivity index (χ2n) is 7.29. The van der Waals surface area contributed by atoms with Crippen LogP contribution in [0.4, 0.5) is 0 Å². The van der Waals surface area contributed by atoms with Crippen molar-refractivity contribution in [3.63, 3.8) is 0 Å². The van der Waals surface area contributed by atoms with Crippen LogP contribution in [0.3, 0.4) is 0 Å². The van der Waals surface area contributed by atoms with Crippen molar-refractivity contribution < 1.29 is 24.2 Å². The minimum Gasteiger partial charge on any atom is -0.481 e. The number of rotatable bonds is 5. The number of likely N-dealkylation sites (tertiary alicyclic amines) is 2. The molecule has 2 fully saturated rings. The lowest BCUT2D eigenvalue weighted by Crippen LogP contribution is -2.45. The van der Waals surface area contributed by atoms with Gasteiger partial charge in [0.15, 0.2) is 0 Å².